The molecule has 0 atom stereocenters. The Kier molecular flexibility index (Phi) is 4.61. The van der Waals surface area contributed by atoms with E-state index in [4.69, 9.17) is 4.74 Å². The molecule has 0 aromatic rings. The van der Waals surface area contributed by atoms with Crippen molar-refractivity contribution in [2.24, 2.45) is 0 Å². The van der Waals surface area contributed by atoms with E-state index in [-0.39, 0.29) is 0 Å². The summed E-state index contributed by atoms with van der Waals surface area (Å²) in [5.41, 5.74) is 1.27. The Labute approximate surface area is 80.7 Å². The second-order valence-corrected chi connectivity index (χ2v) is 3.23. The van der Waals surface area contributed by atoms with E-state index in [2.05, 4.69) is 31.3 Å². The first-order valence-electron chi connectivity index (χ1n) is 5.05. The quantitative estimate of drug-likeness (QED) is 0.657. The van der Waals surface area contributed by atoms with Crippen LogP contribution in [0.3, 0.4) is 0 Å². The van der Waals surface area contributed by atoms with Gasteiger partial charge in [-0.05, 0) is 38.1 Å². The first-order chi connectivity index (χ1) is 6.34. The Hall–Kier alpha value is -0.760. The average Bonchev–Trinajstić information content (AvgIpc) is 2.65. The lowest BCUT2D eigenvalue weighted by atomic mass is 10.2. The van der Waals surface area contributed by atoms with Gasteiger partial charge in [-0.15, -0.1) is 0 Å². The number of hydrogen-bond donors (Lipinski definition) is 1. The Balaban J connectivity index is 2.25. The molecule has 0 unspecified atom stereocenters. The summed E-state index contributed by atoms with van der Waals surface area (Å²) >= 11 is 0. The number of allylic oxidation sites excluding steroid dienone is 1. The Morgan fingerprint density at radius 2 is 2.54 bits per heavy atom. The van der Waals surface area contributed by atoms with Gasteiger partial charge < -0.3 is 10.1 Å². The minimum atomic E-state index is 0.855. The van der Waals surface area contributed by atoms with Crippen molar-refractivity contribution in [3.05, 3.63) is 23.5 Å². The molecule has 74 valence electrons. The third-order valence-electron chi connectivity index (χ3n) is 2.12. The smallest absolute Gasteiger partial charge is 0.118 e. The summed E-state index contributed by atoms with van der Waals surface area (Å²) in [6.45, 7) is 7.20. The SMILES string of the molecule is CCNCC/C=C(/C)C1=CCCO1. The summed E-state index contributed by atoms with van der Waals surface area (Å²) in [4.78, 5) is 0. The summed E-state index contributed by atoms with van der Waals surface area (Å²) < 4.78 is 5.44. The van der Waals surface area contributed by atoms with E-state index in [1.165, 1.54) is 5.57 Å². The molecule has 0 aromatic heterocycles. The molecule has 1 heterocycles. The second kappa shape index (κ2) is 5.81. The van der Waals surface area contributed by atoms with Gasteiger partial charge in [-0.25, -0.2) is 0 Å². The molecule has 1 aliphatic rings. The van der Waals surface area contributed by atoms with Crippen LogP contribution in [0.15, 0.2) is 23.5 Å². The fourth-order valence-corrected chi connectivity index (χ4v) is 1.36. The Morgan fingerprint density at radius 1 is 1.69 bits per heavy atom. The zero-order valence-electron chi connectivity index (χ0n) is 8.60. The van der Waals surface area contributed by atoms with Crippen LogP contribution in [0.5, 0.6) is 0 Å². The highest BCUT2D eigenvalue weighted by molar-refractivity contribution is 5.25. The highest BCUT2D eigenvalue weighted by atomic mass is 16.5. The van der Waals surface area contributed by atoms with E-state index in [0.29, 0.717) is 0 Å². The van der Waals surface area contributed by atoms with Crippen molar-refractivity contribution in [1.29, 1.82) is 0 Å². The molecular formula is C11H19NO. The molecule has 0 fully saturated rings. The first kappa shape index (κ1) is 10.3. The molecule has 0 bridgehead atoms. The molecule has 13 heavy (non-hydrogen) atoms. The molecule has 0 radical (unpaired) electrons. The number of rotatable bonds is 5. The van der Waals surface area contributed by atoms with Crippen molar-refractivity contribution in [2.75, 3.05) is 19.7 Å². The molecule has 0 saturated heterocycles. The van der Waals surface area contributed by atoms with Gasteiger partial charge in [0.2, 0.25) is 0 Å². The highest BCUT2D eigenvalue weighted by Crippen LogP contribution is 2.17. The highest BCUT2D eigenvalue weighted by Gasteiger charge is 2.05. The Bertz CT molecular complexity index is 206. The molecule has 1 rings (SSSR count). The van der Waals surface area contributed by atoms with Crippen LogP contribution in [0.4, 0.5) is 0 Å². The predicted molar refractivity (Wildman–Crippen MR) is 55.6 cm³/mol. The van der Waals surface area contributed by atoms with E-state index < -0.39 is 0 Å². The maximum absolute atomic E-state index is 5.44. The summed E-state index contributed by atoms with van der Waals surface area (Å²) in [6.07, 6.45) is 6.55. The van der Waals surface area contributed by atoms with Crippen molar-refractivity contribution >= 4 is 0 Å². The second-order valence-electron chi connectivity index (χ2n) is 3.23. The fraction of sp³-hybridized carbons (Fsp3) is 0.636. The van der Waals surface area contributed by atoms with Crippen molar-refractivity contribution in [2.45, 2.75) is 26.7 Å². The number of nitrogens with one attached hydrogen (secondary N) is 1. The molecule has 0 saturated carbocycles. The van der Waals surface area contributed by atoms with Gasteiger partial charge in [0.15, 0.2) is 0 Å². The lowest BCUT2D eigenvalue weighted by Crippen LogP contribution is -2.13. The van der Waals surface area contributed by atoms with Gasteiger partial charge >= 0.3 is 0 Å². The van der Waals surface area contributed by atoms with Crippen LogP contribution in [0, 0.1) is 0 Å². The van der Waals surface area contributed by atoms with Crippen molar-refractivity contribution in [3.8, 4) is 0 Å². The van der Waals surface area contributed by atoms with E-state index in [0.717, 1.165) is 38.3 Å². The van der Waals surface area contributed by atoms with Crippen LogP contribution in [0.2, 0.25) is 0 Å². The van der Waals surface area contributed by atoms with Gasteiger partial charge in [0, 0.05) is 6.42 Å². The lowest BCUT2D eigenvalue weighted by molar-refractivity contribution is 0.252. The fourth-order valence-electron chi connectivity index (χ4n) is 1.36. The molecule has 0 amide bonds. The normalized spacial score (nSPS) is 17.1. The lowest BCUT2D eigenvalue weighted by Gasteiger charge is -2.03. The summed E-state index contributed by atoms with van der Waals surface area (Å²) in [5.74, 6) is 1.08. The Morgan fingerprint density at radius 3 is 3.15 bits per heavy atom. The molecule has 1 N–H and O–H groups in total. The predicted octanol–water partition coefficient (Wildman–Crippen LogP) is 2.24. The maximum atomic E-state index is 5.44. The largest absolute Gasteiger partial charge is 0.493 e. The zero-order chi connectivity index (χ0) is 9.52. The van der Waals surface area contributed by atoms with Crippen LogP contribution < -0.4 is 5.32 Å². The molecule has 1 aliphatic heterocycles. The molecular weight excluding hydrogens is 162 g/mol. The van der Waals surface area contributed by atoms with Gasteiger partial charge in [0.1, 0.15) is 5.76 Å². The van der Waals surface area contributed by atoms with Crippen LogP contribution >= 0.6 is 0 Å². The van der Waals surface area contributed by atoms with Gasteiger partial charge in [-0.1, -0.05) is 13.0 Å². The number of ether oxygens (including phenoxy) is 1. The van der Waals surface area contributed by atoms with Crippen LogP contribution in [-0.2, 0) is 4.74 Å². The summed E-state index contributed by atoms with van der Waals surface area (Å²) in [7, 11) is 0. The molecule has 2 nitrogen and oxygen atoms in total. The van der Waals surface area contributed by atoms with E-state index in [9.17, 15) is 0 Å². The van der Waals surface area contributed by atoms with Crippen LogP contribution in [0.1, 0.15) is 26.7 Å². The van der Waals surface area contributed by atoms with Crippen molar-refractivity contribution in [3.63, 3.8) is 0 Å². The zero-order valence-corrected chi connectivity index (χ0v) is 8.60. The summed E-state index contributed by atoms with van der Waals surface area (Å²) in [6, 6.07) is 0. The molecule has 0 aliphatic carbocycles. The van der Waals surface area contributed by atoms with Gasteiger partial charge in [-0.2, -0.15) is 0 Å². The van der Waals surface area contributed by atoms with Crippen molar-refractivity contribution in [1.82, 2.24) is 5.32 Å². The van der Waals surface area contributed by atoms with E-state index in [1.807, 2.05) is 0 Å². The van der Waals surface area contributed by atoms with Gasteiger partial charge in [-0.3, -0.25) is 0 Å². The minimum Gasteiger partial charge on any atom is -0.493 e. The molecule has 0 aromatic carbocycles. The maximum Gasteiger partial charge on any atom is 0.118 e. The molecule has 2 heteroatoms. The van der Waals surface area contributed by atoms with Crippen molar-refractivity contribution < 1.29 is 4.74 Å². The van der Waals surface area contributed by atoms with Gasteiger partial charge in [0.05, 0.1) is 6.61 Å². The van der Waals surface area contributed by atoms with Gasteiger partial charge in [0.25, 0.3) is 0 Å². The standard InChI is InChI=1S/C11H19NO/c1-3-12-8-4-6-10(2)11-7-5-9-13-11/h6-7,12H,3-5,8-9H2,1-2H3/b10-6-. The monoisotopic (exact) mass is 181 g/mol. The first-order valence-corrected chi connectivity index (χ1v) is 5.05. The topological polar surface area (TPSA) is 21.3 Å². The van der Waals surface area contributed by atoms with Crippen LogP contribution in [0.25, 0.3) is 0 Å². The van der Waals surface area contributed by atoms with Crippen LogP contribution in [-0.4, -0.2) is 19.7 Å². The average molecular weight is 181 g/mol. The minimum absolute atomic E-state index is 0.855. The van der Waals surface area contributed by atoms with E-state index >= 15 is 0 Å². The molecule has 0 spiro atoms. The third-order valence-corrected chi connectivity index (χ3v) is 2.12. The van der Waals surface area contributed by atoms with E-state index in [1.54, 1.807) is 0 Å². The number of hydrogen-bond acceptors (Lipinski definition) is 2. The third kappa shape index (κ3) is 3.64. The summed E-state index contributed by atoms with van der Waals surface area (Å²) in [5, 5.41) is 3.29.